The number of hydrogen-bond donors (Lipinski definition) is 2. The van der Waals surface area contributed by atoms with Crippen molar-refractivity contribution in [2.75, 3.05) is 22.1 Å². The van der Waals surface area contributed by atoms with Crippen LogP contribution in [0.4, 0.5) is 17.3 Å². The zero-order chi connectivity index (χ0) is 27.0. The zero-order valence-corrected chi connectivity index (χ0v) is 22.5. The summed E-state index contributed by atoms with van der Waals surface area (Å²) in [7, 11) is 0. The fourth-order valence-electron chi connectivity index (χ4n) is 6.08. The highest BCUT2D eigenvalue weighted by molar-refractivity contribution is 6.30. The van der Waals surface area contributed by atoms with E-state index in [0.717, 1.165) is 42.0 Å². The second-order valence-corrected chi connectivity index (χ2v) is 12.0. The van der Waals surface area contributed by atoms with E-state index in [1.165, 1.54) is 24.7 Å². The molecule has 4 aromatic rings. The minimum absolute atomic E-state index is 0.0527. The van der Waals surface area contributed by atoms with Crippen molar-refractivity contribution in [2.24, 2.45) is 17.8 Å². The van der Waals surface area contributed by atoms with E-state index in [9.17, 15) is 9.59 Å². The van der Waals surface area contributed by atoms with E-state index in [0.29, 0.717) is 35.0 Å². The first-order valence-corrected chi connectivity index (χ1v) is 14.3. The molecule has 1 aromatic carbocycles. The van der Waals surface area contributed by atoms with Gasteiger partial charge in [-0.2, -0.15) is 0 Å². The van der Waals surface area contributed by atoms with E-state index < -0.39 is 0 Å². The van der Waals surface area contributed by atoms with Crippen LogP contribution in [-0.2, 0) is 16.1 Å². The Kier molecular flexibility index (Phi) is 5.38. The number of carbonyl (C=O) groups is 2. The van der Waals surface area contributed by atoms with Crippen molar-refractivity contribution >= 4 is 46.4 Å². The third-order valence-corrected chi connectivity index (χ3v) is 8.87. The van der Waals surface area contributed by atoms with Crippen LogP contribution in [0.3, 0.4) is 0 Å². The van der Waals surface area contributed by atoms with E-state index in [1.807, 2.05) is 35.4 Å². The van der Waals surface area contributed by atoms with Gasteiger partial charge in [-0.25, -0.2) is 15.0 Å². The number of hydrogen-bond acceptors (Lipinski definition) is 6. The summed E-state index contributed by atoms with van der Waals surface area (Å²) in [6.45, 7) is 1.24. The number of nitrogens with one attached hydrogen (secondary N) is 2. The maximum absolute atomic E-state index is 12.9. The topological polar surface area (TPSA) is 105 Å². The van der Waals surface area contributed by atoms with Crippen molar-refractivity contribution in [1.82, 2.24) is 19.4 Å². The van der Waals surface area contributed by atoms with Crippen LogP contribution in [0.15, 0.2) is 55.1 Å². The van der Waals surface area contributed by atoms with Gasteiger partial charge in [0.05, 0.1) is 17.9 Å². The number of imidazole rings is 1. The number of fused-ring (bicyclic) bond motifs is 2. The predicted octanol–water partition coefficient (Wildman–Crippen LogP) is 4.99. The molecule has 0 radical (unpaired) electrons. The molecule has 4 aliphatic rings. The number of aromatic nitrogens is 4. The van der Waals surface area contributed by atoms with Gasteiger partial charge in [-0.3, -0.25) is 9.59 Å². The molecule has 9 nitrogen and oxygen atoms in total. The lowest BCUT2D eigenvalue weighted by atomic mass is 10.1. The normalized spacial score (nSPS) is 24.7. The number of benzene rings is 1. The van der Waals surface area contributed by atoms with Gasteiger partial charge >= 0.3 is 0 Å². The minimum atomic E-state index is -0.0917. The number of pyridine rings is 1. The van der Waals surface area contributed by atoms with Crippen molar-refractivity contribution in [1.29, 1.82) is 0 Å². The smallest absolute Gasteiger partial charge is 0.230 e. The summed E-state index contributed by atoms with van der Waals surface area (Å²) < 4.78 is 2.06. The molecule has 1 aliphatic heterocycles. The lowest BCUT2D eigenvalue weighted by Crippen LogP contribution is -2.28. The first-order valence-electron chi connectivity index (χ1n) is 14.0. The Hall–Kier alpha value is -3.98. The largest absolute Gasteiger partial charge is 0.364 e. The van der Waals surface area contributed by atoms with Crippen molar-refractivity contribution in [3.05, 3.63) is 77.0 Å². The maximum atomic E-state index is 12.9. The van der Waals surface area contributed by atoms with Gasteiger partial charge in [-0.1, -0.05) is 23.7 Å². The second-order valence-electron chi connectivity index (χ2n) is 11.6. The number of rotatable bonds is 8. The molecule has 4 heterocycles. The fraction of sp³-hybridized carbons (Fsp3) is 0.367. The van der Waals surface area contributed by atoms with Gasteiger partial charge in [0.25, 0.3) is 0 Å². The third kappa shape index (κ3) is 4.38. The van der Waals surface area contributed by atoms with Crippen molar-refractivity contribution < 1.29 is 9.59 Å². The average molecular weight is 554 g/mol. The SMILES string of the molecule is O=C(Nc1cc(NCc2cn3cc(C4CC4)cc(N4CC5CC5C4=O)c3n2)ncn1)[C@H]1C[C@@H]1c1cccc(Cl)c1. The molecule has 2 N–H and O–H groups in total. The predicted molar refractivity (Wildman–Crippen MR) is 151 cm³/mol. The zero-order valence-electron chi connectivity index (χ0n) is 21.8. The molecule has 3 aliphatic carbocycles. The highest BCUT2D eigenvalue weighted by Gasteiger charge is 2.53. The molecular formula is C30H28ClN7O2. The summed E-state index contributed by atoms with van der Waals surface area (Å²) >= 11 is 6.11. The highest BCUT2D eigenvalue weighted by Crippen LogP contribution is 2.50. The van der Waals surface area contributed by atoms with Gasteiger partial charge in [-0.15, -0.1) is 0 Å². The van der Waals surface area contributed by atoms with Gasteiger partial charge in [0, 0.05) is 41.9 Å². The first-order chi connectivity index (χ1) is 19.5. The summed E-state index contributed by atoms with van der Waals surface area (Å²) in [5.74, 6) is 2.61. The van der Waals surface area contributed by atoms with Crippen LogP contribution >= 0.6 is 11.6 Å². The number of nitrogens with zero attached hydrogens (tertiary/aromatic N) is 5. The van der Waals surface area contributed by atoms with Crippen molar-refractivity contribution in [3.63, 3.8) is 0 Å². The van der Waals surface area contributed by atoms with Gasteiger partial charge in [0.2, 0.25) is 11.8 Å². The number of piperidine rings is 1. The van der Waals surface area contributed by atoms with Gasteiger partial charge < -0.3 is 19.9 Å². The standard InChI is InChI=1S/C30H28ClN7O2/c31-20-3-1-2-17(6-20)22-9-24(22)29(39)36-27-10-26(33-15-34-27)32-11-21-14-37-12-18(16-4-5-16)8-25(28(37)35-21)38-13-19-7-23(19)30(38)40/h1-3,6,8,10,12,14-16,19,22-24H,4-5,7,9,11,13H2,(H2,32,33,34,36,39)/t19?,22-,23?,24+/m1/s1. The van der Waals surface area contributed by atoms with Crippen molar-refractivity contribution in [3.8, 4) is 0 Å². The Morgan fingerprint density at radius 1 is 1.02 bits per heavy atom. The molecule has 0 spiro atoms. The molecule has 4 fully saturated rings. The number of carbonyl (C=O) groups excluding carboxylic acids is 2. The molecular weight excluding hydrogens is 526 g/mol. The van der Waals surface area contributed by atoms with Gasteiger partial charge in [-0.05, 0) is 72.8 Å². The molecule has 4 atom stereocenters. The number of amides is 2. The van der Waals surface area contributed by atoms with Crippen LogP contribution in [0.25, 0.3) is 5.65 Å². The fourth-order valence-corrected chi connectivity index (χ4v) is 6.28. The van der Waals surface area contributed by atoms with Crippen LogP contribution < -0.4 is 15.5 Å². The Balaban J connectivity index is 0.962. The summed E-state index contributed by atoms with van der Waals surface area (Å²) in [5.41, 5.74) is 4.94. The Morgan fingerprint density at radius 3 is 2.70 bits per heavy atom. The lowest BCUT2D eigenvalue weighted by Gasteiger charge is -2.20. The molecule has 2 unspecified atom stereocenters. The lowest BCUT2D eigenvalue weighted by molar-refractivity contribution is -0.119. The van der Waals surface area contributed by atoms with Crippen LogP contribution in [0.5, 0.6) is 0 Å². The first kappa shape index (κ1) is 23.9. The summed E-state index contributed by atoms with van der Waals surface area (Å²) in [4.78, 5) is 41.1. The molecule has 3 aromatic heterocycles. The molecule has 0 bridgehead atoms. The number of halogens is 1. The second kappa shape index (κ2) is 9.02. The van der Waals surface area contributed by atoms with E-state index in [4.69, 9.17) is 16.6 Å². The van der Waals surface area contributed by atoms with E-state index in [1.54, 1.807) is 6.07 Å². The van der Waals surface area contributed by atoms with Crippen molar-refractivity contribution in [2.45, 2.75) is 44.1 Å². The Bertz CT molecular complexity index is 1680. The van der Waals surface area contributed by atoms with E-state index in [2.05, 4.69) is 37.3 Å². The Morgan fingerprint density at radius 2 is 1.90 bits per heavy atom. The molecule has 1 saturated heterocycles. The van der Waals surface area contributed by atoms with Crippen LogP contribution in [0, 0.1) is 17.8 Å². The Labute approximate surface area is 236 Å². The van der Waals surface area contributed by atoms with Crippen LogP contribution in [0.1, 0.15) is 54.3 Å². The van der Waals surface area contributed by atoms with Gasteiger partial charge in [0.1, 0.15) is 18.0 Å². The van der Waals surface area contributed by atoms with Crippen LogP contribution in [0.2, 0.25) is 5.02 Å². The average Bonchev–Trinajstić information content (AvgIpc) is 3.85. The quantitative estimate of drug-likeness (QED) is 0.318. The molecule has 3 saturated carbocycles. The summed E-state index contributed by atoms with van der Waals surface area (Å²) in [6, 6.07) is 11.6. The molecule has 8 rings (SSSR count). The van der Waals surface area contributed by atoms with Gasteiger partial charge in [0.15, 0.2) is 5.65 Å². The molecule has 10 heteroatoms. The number of anilines is 3. The summed E-state index contributed by atoms with van der Waals surface area (Å²) in [6.07, 6.45) is 9.83. The highest BCUT2D eigenvalue weighted by atomic mass is 35.5. The molecule has 202 valence electrons. The third-order valence-electron chi connectivity index (χ3n) is 8.64. The summed E-state index contributed by atoms with van der Waals surface area (Å²) in [5, 5.41) is 6.92. The molecule has 40 heavy (non-hydrogen) atoms. The van der Waals surface area contributed by atoms with E-state index >= 15 is 0 Å². The molecule has 2 amide bonds. The minimum Gasteiger partial charge on any atom is -0.364 e. The maximum Gasteiger partial charge on any atom is 0.230 e. The van der Waals surface area contributed by atoms with E-state index in [-0.39, 0.29) is 29.6 Å². The van der Waals surface area contributed by atoms with Crippen LogP contribution in [-0.4, -0.2) is 37.7 Å². The monoisotopic (exact) mass is 553 g/mol.